The predicted octanol–water partition coefficient (Wildman–Crippen LogP) is 5.45. The molecule has 0 amide bonds. The van der Waals surface area contributed by atoms with Crippen LogP contribution in [0.5, 0.6) is 0 Å². The molecule has 4 rings (SSSR count). The Morgan fingerprint density at radius 3 is 2.35 bits per heavy atom. The van der Waals surface area contributed by atoms with Crippen molar-refractivity contribution in [3.05, 3.63) is 77.4 Å². The van der Waals surface area contributed by atoms with Gasteiger partial charge < -0.3 is 4.57 Å². The van der Waals surface area contributed by atoms with E-state index < -0.39 is 22.2 Å². The number of alkyl halides is 3. The van der Waals surface area contributed by atoms with Crippen LogP contribution < -0.4 is 4.72 Å². The third kappa shape index (κ3) is 4.37. The molecule has 0 fully saturated rings. The lowest BCUT2D eigenvalue weighted by atomic mass is 10.1. The molecule has 0 bridgehead atoms. The van der Waals surface area contributed by atoms with Crippen LogP contribution in [0.15, 0.2) is 71.8 Å². The van der Waals surface area contributed by atoms with Crippen molar-refractivity contribution in [3.63, 3.8) is 0 Å². The van der Waals surface area contributed by atoms with Gasteiger partial charge in [-0.2, -0.15) is 23.2 Å². The van der Waals surface area contributed by atoms with Gasteiger partial charge >= 0.3 is 6.18 Å². The minimum Gasteiger partial charge on any atom is -0.306 e. The Morgan fingerprint density at radius 2 is 1.76 bits per heavy atom. The first-order valence-corrected chi connectivity index (χ1v) is 11.7. The maximum Gasteiger partial charge on any atom is 0.404 e. The zero-order chi connectivity index (χ0) is 24.7. The van der Waals surface area contributed by atoms with E-state index in [4.69, 9.17) is 11.6 Å². The van der Waals surface area contributed by atoms with Crippen molar-refractivity contribution in [2.45, 2.75) is 24.0 Å². The van der Waals surface area contributed by atoms with Gasteiger partial charge in [0.05, 0.1) is 21.1 Å². The van der Waals surface area contributed by atoms with E-state index in [9.17, 15) is 26.9 Å². The Bertz CT molecular complexity index is 1510. The summed E-state index contributed by atoms with van der Waals surface area (Å²) in [5, 5.41) is 10.3. The van der Waals surface area contributed by atoms with Crippen LogP contribution in [-0.4, -0.2) is 30.2 Å². The fourth-order valence-corrected chi connectivity index (χ4v) is 4.90. The highest BCUT2D eigenvalue weighted by Crippen LogP contribution is 2.36. The summed E-state index contributed by atoms with van der Waals surface area (Å²) in [4.78, 5) is 3.97. The highest BCUT2D eigenvalue weighted by molar-refractivity contribution is 7.89. The second-order valence-electron chi connectivity index (χ2n) is 7.44. The first kappa shape index (κ1) is 23.8. The minimum absolute atomic E-state index is 0.245. The van der Waals surface area contributed by atoms with Gasteiger partial charge in [-0.25, -0.2) is 8.42 Å². The van der Waals surface area contributed by atoms with Gasteiger partial charge in [-0.1, -0.05) is 41.9 Å². The molecule has 11 heteroatoms. The molecule has 0 aliphatic rings. The average molecular weight is 505 g/mol. The number of nitrogens with one attached hydrogen (secondary N) is 1. The maximum absolute atomic E-state index is 12.8. The molecule has 34 heavy (non-hydrogen) atoms. The van der Waals surface area contributed by atoms with Crippen LogP contribution in [0.2, 0.25) is 5.02 Å². The van der Waals surface area contributed by atoms with Crippen molar-refractivity contribution in [3.8, 4) is 23.0 Å². The topological polar surface area (TPSA) is 87.8 Å². The standard InChI is InChI=1S/C23H16ClF3N4O2S/c1-14(23(25,26)27)30-34(32,33)18-9-7-15(8-10-18)22-19(12-28)21-20(11-16(24)13-29-21)31(22)17-5-3-2-4-6-17/h2-11,13-14,30H,1H3/t14-/m0/s1. The normalized spacial score (nSPS) is 13.1. The van der Waals surface area contributed by atoms with Gasteiger partial charge in [0.25, 0.3) is 0 Å². The summed E-state index contributed by atoms with van der Waals surface area (Å²) in [6.45, 7) is 0.724. The monoisotopic (exact) mass is 504 g/mol. The lowest BCUT2D eigenvalue weighted by molar-refractivity contribution is -0.147. The van der Waals surface area contributed by atoms with Crippen LogP contribution in [-0.2, 0) is 10.0 Å². The Morgan fingerprint density at radius 1 is 1.12 bits per heavy atom. The highest BCUT2D eigenvalue weighted by atomic mass is 35.5. The summed E-state index contributed by atoms with van der Waals surface area (Å²) in [6, 6.07) is 15.9. The molecule has 0 spiro atoms. The van der Waals surface area contributed by atoms with Crippen LogP contribution in [0.25, 0.3) is 28.0 Å². The molecule has 2 heterocycles. The number of nitriles is 1. The molecule has 2 aromatic heterocycles. The van der Waals surface area contributed by atoms with E-state index in [0.717, 1.165) is 6.92 Å². The van der Waals surface area contributed by atoms with Crippen molar-refractivity contribution < 1.29 is 21.6 Å². The number of para-hydroxylation sites is 1. The van der Waals surface area contributed by atoms with Crippen LogP contribution in [0.3, 0.4) is 0 Å². The van der Waals surface area contributed by atoms with Crippen LogP contribution in [0.1, 0.15) is 12.5 Å². The van der Waals surface area contributed by atoms with Gasteiger partial charge in [0.15, 0.2) is 0 Å². The van der Waals surface area contributed by atoms with Crippen molar-refractivity contribution in [2.24, 2.45) is 0 Å². The Kier molecular flexibility index (Phi) is 6.12. The van der Waals surface area contributed by atoms with Gasteiger partial charge in [0, 0.05) is 17.4 Å². The molecule has 1 N–H and O–H groups in total. The minimum atomic E-state index is -4.72. The molecule has 0 radical (unpaired) electrons. The molecule has 1 atom stereocenters. The van der Waals surface area contributed by atoms with Crippen LogP contribution in [0, 0.1) is 11.3 Å². The number of pyridine rings is 1. The molecular weight excluding hydrogens is 489 g/mol. The van der Waals surface area contributed by atoms with Gasteiger partial charge in [-0.3, -0.25) is 4.98 Å². The molecule has 0 saturated heterocycles. The largest absolute Gasteiger partial charge is 0.404 e. The Hall–Kier alpha value is -3.39. The summed E-state index contributed by atoms with van der Waals surface area (Å²) < 4.78 is 66.7. The molecule has 174 valence electrons. The fourth-order valence-electron chi connectivity index (χ4n) is 3.52. The molecule has 2 aromatic carbocycles. The van der Waals surface area contributed by atoms with E-state index in [2.05, 4.69) is 11.1 Å². The van der Waals surface area contributed by atoms with Gasteiger partial charge in [0.2, 0.25) is 10.0 Å². The molecule has 4 aromatic rings. The van der Waals surface area contributed by atoms with Gasteiger partial charge in [-0.05, 0) is 37.3 Å². The molecule has 6 nitrogen and oxygen atoms in total. The first-order chi connectivity index (χ1) is 16.0. The number of nitrogens with zero attached hydrogens (tertiary/aromatic N) is 3. The summed E-state index contributed by atoms with van der Waals surface area (Å²) >= 11 is 6.16. The summed E-state index contributed by atoms with van der Waals surface area (Å²) in [5.41, 5.74) is 2.85. The van der Waals surface area contributed by atoms with Gasteiger partial charge in [-0.15, -0.1) is 0 Å². The lowest BCUT2D eigenvalue weighted by Crippen LogP contribution is -2.42. The summed E-state index contributed by atoms with van der Waals surface area (Å²) in [5.74, 6) is 0. The number of hydrogen-bond acceptors (Lipinski definition) is 4. The quantitative estimate of drug-likeness (QED) is 0.391. The maximum atomic E-state index is 12.8. The fraction of sp³-hybridized carbons (Fsp3) is 0.130. The zero-order valence-corrected chi connectivity index (χ0v) is 19.1. The van der Waals surface area contributed by atoms with E-state index >= 15 is 0 Å². The van der Waals surface area contributed by atoms with E-state index in [0.29, 0.717) is 33.0 Å². The molecule has 0 aliphatic carbocycles. The van der Waals surface area contributed by atoms with Crippen LogP contribution in [0.4, 0.5) is 13.2 Å². The third-order valence-corrected chi connectivity index (χ3v) is 6.92. The third-order valence-electron chi connectivity index (χ3n) is 5.16. The Labute approximate surface area is 198 Å². The number of aromatic nitrogens is 2. The van der Waals surface area contributed by atoms with E-state index in [-0.39, 0.29) is 10.5 Å². The second-order valence-corrected chi connectivity index (χ2v) is 9.59. The average Bonchev–Trinajstić information content (AvgIpc) is 3.12. The number of fused-ring (bicyclic) bond motifs is 1. The number of halogens is 4. The lowest BCUT2D eigenvalue weighted by Gasteiger charge is -2.17. The molecule has 0 saturated carbocycles. The Balaban J connectivity index is 1.87. The highest BCUT2D eigenvalue weighted by Gasteiger charge is 2.38. The number of hydrogen-bond donors (Lipinski definition) is 1. The zero-order valence-electron chi connectivity index (χ0n) is 17.5. The summed E-state index contributed by atoms with van der Waals surface area (Å²) in [6.07, 6.45) is -3.30. The number of rotatable bonds is 5. The second kappa shape index (κ2) is 8.76. The van der Waals surface area contributed by atoms with Gasteiger partial charge in [0.1, 0.15) is 23.2 Å². The van der Waals surface area contributed by atoms with Crippen molar-refractivity contribution >= 4 is 32.7 Å². The van der Waals surface area contributed by atoms with Crippen LogP contribution >= 0.6 is 11.6 Å². The predicted molar refractivity (Wildman–Crippen MR) is 122 cm³/mol. The summed E-state index contributed by atoms with van der Waals surface area (Å²) in [7, 11) is -4.42. The number of sulfonamides is 1. The molecular formula is C23H16ClF3N4O2S. The van der Waals surface area contributed by atoms with Crippen molar-refractivity contribution in [1.82, 2.24) is 14.3 Å². The molecule has 0 unspecified atom stereocenters. The van der Waals surface area contributed by atoms with E-state index in [1.54, 1.807) is 15.4 Å². The van der Waals surface area contributed by atoms with Crippen molar-refractivity contribution in [2.75, 3.05) is 0 Å². The smallest absolute Gasteiger partial charge is 0.306 e. The van der Waals surface area contributed by atoms with E-state index in [1.165, 1.54) is 30.5 Å². The SMILES string of the molecule is C[C@H](NS(=O)(=O)c1ccc(-c2c(C#N)c3ncc(Cl)cc3n2-c2ccccc2)cc1)C(F)(F)F. The first-order valence-electron chi connectivity index (χ1n) is 9.88. The van der Waals surface area contributed by atoms with Crippen molar-refractivity contribution in [1.29, 1.82) is 5.26 Å². The van der Waals surface area contributed by atoms with E-state index in [1.807, 2.05) is 30.3 Å². The molecule has 0 aliphatic heterocycles. The number of benzene rings is 2.